The van der Waals surface area contributed by atoms with Crippen molar-refractivity contribution < 1.29 is 9.30 Å². The summed E-state index contributed by atoms with van der Waals surface area (Å²) in [7, 11) is 0. The molecule has 0 bridgehead atoms. The summed E-state index contributed by atoms with van der Waals surface area (Å²) in [5.74, 6) is 0. The molecule has 0 amide bonds. The first-order valence-electron chi connectivity index (χ1n) is 6.39. The van der Waals surface area contributed by atoms with Crippen LogP contribution in [0.5, 0.6) is 0 Å². The number of fused-ring (bicyclic) bond motifs is 1. The van der Waals surface area contributed by atoms with Crippen molar-refractivity contribution in [2.45, 2.75) is 34.2 Å². The molecule has 0 saturated carbocycles. The zero-order chi connectivity index (χ0) is 13.1. The fraction of sp³-hybridized carbons (Fsp3) is 0.400. The molecule has 2 rings (SSSR count). The molecule has 96 valence electrons. The van der Waals surface area contributed by atoms with Crippen molar-refractivity contribution in [1.29, 1.82) is 0 Å². The van der Waals surface area contributed by atoms with Gasteiger partial charge in [-0.05, 0) is 0 Å². The zero-order valence-electron chi connectivity index (χ0n) is 11.5. The first kappa shape index (κ1) is 13.6. The molecule has 0 aliphatic heterocycles. The molecule has 1 heterocycles. The topological polar surface area (TPSA) is 13.1 Å². The van der Waals surface area contributed by atoms with Crippen LogP contribution in [0.15, 0.2) is 18.4 Å². The zero-order valence-corrected chi connectivity index (χ0v) is 13.8. The van der Waals surface area contributed by atoms with Crippen LogP contribution in [-0.2, 0) is 11.3 Å². The fourth-order valence-electron chi connectivity index (χ4n) is 2.01. The summed E-state index contributed by atoms with van der Waals surface area (Å²) in [5, 5.41) is 0. The Morgan fingerprint density at radius 3 is 2.61 bits per heavy atom. The molecular formula is C15H20NOTe+. The van der Waals surface area contributed by atoms with Gasteiger partial charge in [-0.25, -0.2) is 0 Å². The average Bonchev–Trinajstić information content (AvgIpc) is 2.67. The van der Waals surface area contributed by atoms with E-state index in [1.807, 2.05) is 13.2 Å². The Morgan fingerprint density at radius 2 is 1.94 bits per heavy atom. The van der Waals surface area contributed by atoms with Crippen LogP contribution in [0.4, 0.5) is 0 Å². The van der Waals surface area contributed by atoms with Crippen LogP contribution in [0.2, 0.25) is 0 Å². The minimum absolute atomic E-state index is 0.256. The van der Waals surface area contributed by atoms with E-state index < -0.39 is 0 Å². The standard InChI is InChI=1S/C15H20NOTe/c1-5-16-13-9-11(3)12(4)10-14(13)18-15(16)7-8-17-6-2/h7-10H,5-6H2,1-4H3/q+1. The van der Waals surface area contributed by atoms with Gasteiger partial charge in [0.05, 0.1) is 0 Å². The fourth-order valence-corrected chi connectivity index (χ4v) is 5.42. The van der Waals surface area contributed by atoms with Crippen molar-refractivity contribution in [3.05, 3.63) is 33.2 Å². The van der Waals surface area contributed by atoms with Crippen molar-refractivity contribution in [2.75, 3.05) is 6.61 Å². The molecule has 0 unspecified atom stereocenters. The average molecular weight is 358 g/mol. The molecule has 18 heavy (non-hydrogen) atoms. The number of aryl methyl sites for hydroxylation is 3. The summed E-state index contributed by atoms with van der Waals surface area (Å²) in [5.41, 5.74) is 4.21. The summed E-state index contributed by atoms with van der Waals surface area (Å²) < 4.78 is 10.8. The molecule has 0 atom stereocenters. The molecule has 0 fully saturated rings. The van der Waals surface area contributed by atoms with E-state index in [0.717, 1.165) is 13.2 Å². The van der Waals surface area contributed by atoms with Crippen LogP contribution in [0.1, 0.15) is 28.7 Å². The summed E-state index contributed by atoms with van der Waals surface area (Å²) in [6.45, 7) is 10.4. The molecule has 3 heteroatoms. The Morgan fingerprint density at radius 1 is 1.22 bits per heavy atom. The van der Waals surface area contributed by atoms with Gasteiger partial charge in [0.1, 0.15) is 0 Å². The van der Waals surface area contributed by atoms with Gasteiger partial charge in [-0.15, -0.1) is 0 Å². The molecule has 0 aliphatic carbocycles. The Kier molecular flexibility index (Phi) is 4.48. The van der Waals surface area contributed by atoms with Crippen molar-refractivity contribution >= 4 is 35.4 Å². The van der Waals surface area contributed by atoms with Gasteiger partial charge < -0.3 is 0 Å². The van der Waals surface area contributed by atoms with Crippen LogP contribution in [0, 0.1) is 13.8 Å². The number of ether oxygens (including phenoxy) is 1. The maximum atomic E-state index is 5.33. The van der Waals surface area contributed by atoms with Crippen LogP contribution >= 0.6 is 0 Å². The first-order chi connectivity index (χ1) is 8.67. The van der Waals surface area contributed by atoms with Gasteiger partial charge in [0.15, 0.2) is 0 Å². The van der Waals surface area contributed by atoms with E-state index in [0.29, 0.717) is 0 Å². The molecule has 1 aromatic heterocycles. The van der Waals surface area contributed by atoms with Crippen LogP contribution < -0.4 is 4.57 Å². The summed E-state index contributed by atoms with van der Waals surface area (Å²) in [6, 6.07) is 4.71. The van der Waals surface area contributed by atoms with Gasteiger partial charge in [0.25, 0.3) is 0 Å². The number of aromatic nitrogens is 1. The predicted molar refractivity (Wildman–Crippen MR) is 76.9 cm³/mol. The second-order valence-electron chi connectivity index (χ2n) is 4.35. The Balaban J connectivity index is 2.54. The van der Waals surface area contributed by atoms with Crippen molar-refractivity contribution in [3.8, 4) is 0 Å². The molecule has 2 aromatic rings. The van der Waals surface area contributed by atoms with Crippen LogP contribution in [0.25, 0.3) is 15.0 Å². The van der Waals surface area contributed by atoms with E-state index in [1.54, 1.807) is 3.40 Å². The molecule has 0 radical (unpaired) electrons. The van der Waals surface area contributed by atoms with Gasteiger partial charge >= 0.3 is 119 Å². The normalized spacial score (nSPS) is 11.6. The second kappa shape index (κ2) is 5.91. The molecular weight excluding hydrogens is 338 g/mol. The Hall–Kier alpha value is -0.780. The number of nitrogens with zero attached hydrogens (tertiary/aromatic N) is 1. The van der Waals surface area contributed by atoms with E-state index in [1.165, 1.54) is 20.4 Å². The summed E-state index contributed by atoms with van der Waals surface area (Å²) in [4.78, 5) is 0. The Bertz CT molecular complexity index is 584. The van der Waals surface area contributed by atoms with Crippen molar-refractivity contribution in [2.24, 2.45) is 0 Å². The van der Waals surface area contributed by atoms with Crippen molar-refractivity contribution in [1.82, 2.24) is 0 Å². The number of rotatable bonds is 4. The van der Waals surface area contributed by atoms with Crippen LogP contribution in [0.3, 0.4) is 0 Å². The summed E-state index contributed by atoms with van der Waals surface area (Å²) in [6.07, 6.45) is 3.99. The molecule has 2 nitrogen and oxygen atoms in total. The molecule has 0 spiro atoms. The molecule has 0 saturated heterocycles. The number of hydrogen-bond acceptors (Lipinski definition) is 1. The van der Waals surface area contributed by atoms with Gasteiger partial charge in [-0.1, -0.05) is 0 Å². The minimum atomic E-state index is -0.256. The monoisotopic (exact) mass is 360 g/mol. The number of benzene rings is 1. The first-order valence-corrected chi connectivity index (χ1v) is 8.72. The SMILES string of the molecule is CCOC=Cc1[te]c2cc(C)c(C)cc2[n+]1CC. The third-order valence-electron chi connectivity index (χ3n) is 3.14. The number of hydrogen-bond donors (Lipinski definition) is 0. The van der Waals surface area contributed by atoms with E-state index in [4.69, 9.17) is 4.74 Å². The molecule has 1 aromatic carbocycles. The molecule has 0 aliphatic rings. The van der Waals surface area contributed by atoms with Gasteiger partial charge in [-0.3, -0.25) is 0 Å². The predicted octanol–water partition coefficient (Wildman–Crippen LogP) is 2.83. The molecule has 0 N–H and O–H groups in total. The third kappa shape index (κ3) is 2.63. The van der Waals surface area contributed by atoms with Crippen LogP contribution in [-0.4, -0.2) is 27.0 Å². The second-order valence-corrected chi connectivity index (χ2v) is 7.38. The van der Waals surface area contributed by atoms with E-state index in [9.17, 15) is 0 Å². The van der Waals surface area contributed by atoms with E-state index in [-0.39, 0.29) is 20.4 Å². The van der Waals surface area contributed by atoms with Gasteiger partial charge in [-0.2, -0.15) is 0 Å². The maximum absolute atomic E-state index is 5.33. The van der Waals surface area contributed by atoms with Gasteiger partial charge in [0, 0.05) is 0 Å². The Labute approximate surface area is 119 Å². The van der Waals surface area contributed by atoms with E-state index >= 15 is 0 Å². The quantitative estimate of drug-likeness (QED) is 0.466. The summed E-state index contributed by atoms with van der Waals surface area (Å²) >= 11 is -0.256. The van der Waals surface area contributed by atoms with Gasteiger partial charge in [0.2, 0.25) is 0 Å². The third-order valence-corrected chi connectivity index (χ3v) is 6.31. The van der Waals surface area contributed by atoms with E-state index in [2.05, 4.69) is 43.5 Å². The van der Waals surface area contributed by atoms with Crippen molar-refractivity contribution in [3.63, 3.8) is 0 Å².